The Hall–Kier alpha value is -2.76. The molecule has 3 saturated heterocycles. The second kappa shape index (κ2) is 8.30. The lowest BCUT2D eigenvalue weighted by molar-refractivity contribution is -0.117. The van der Waals surface area contributed by atoms with Crippen LogP contribution in [0.15, 0.2) is 35.3 Å². The number of benzene rings is 1. The third-order valence-corrected chi connectivity index (χ3v) is 6.27. The molecule has 0 aromatic heterocycles. The van der Waals surface area contributed by atoms with Crippen molar-refractivity contribution in [3.8, 4) is 5.75 Å². The first kappa shape index (κ1) is 22.4. The quantitative estimate of drug-likeness (QED) is 0.564. The Morgan fingerprint density at radius 3 is 1.97 bits per heavy atom. The molecule has 1 N–H and O–H groups in total. The summed E-state index contributed by atoms with van der Waals surface area (Å²) in [5, 5.41) is 9.92. The number of rotatable bonds is 5. The summed E-state index contributed by atoms with van der Waals surface area (Å²) in [7, 11) is 0. The van der Waals surface area contributed by atoms with Crippen molar-refractivity contribution >= 4 is 11.6 Å². The molecule has 1 aromatic carbocycles. The summed E-state index contributed by atoms with van der Waals surface area (Å²) >= 11 is 0. The van der Waals surface area contributed by atoms with E-state index < -0.39 is 0 Å². The molecule has 0 atom stereocenters. The van der Waals surface area contributed by atoms with Crippen LogP contribution < -0.4 is 0 Å². The van der Waals surface area contributed by atoms with Gasteiger partial charge >= 0.3 is 0 Å². The summed E-state index contributed by atoms with van der Waals surface area (Å²) in [6.07, 6.45) is 3.76. The molecule has 4 aliphatic rings. The van der Waals surface area contributed by atoms with Gasteiger partial charge in [0, 0.05) is 45.3 Å². The zero-order valence-corrected chi connectivity index (χ0v) is 20.0. The molecule has 0 radical (unpaired) electrons. The molecule has 6 heteroatoms. The lowest BCUT2D eigenvalue weighted by Gasteiger charge is -2.22. The van der Waals surface area contributed by atoms with Gasteiger partial charge in [-0.3, -0.25) is 9.59 Å². The van der Waals surface area contributed by atoms with Gasteiger partial charge in [0.2, 0.25) is 11.6 Å². The number of phenols is 1. The van der Waals surface area contributed by atoms with Crippen LogP contribution in [0.2, 0.25) is 0 Å². The maximum atomic E-state index is 12.4. The first-order chi connectivity index (χ1) is 15.1. The fourth-order valence-corrected chi connectivity index (χ4v) is 4.15. The van der Waals surface area contributed by atoms with E-state index in [0.717, 1.165) is 57.7 Å². The number of phenolic OH excluding ortho intramolecular Hbond substituents is 1. The largest absolute Gasteiger partial charge is 0.508 e. The van der Waals surface area contributed by atoms with E-state index in [4.69, 9.17) is 0 Å². The first-order valence-electron chi connectivity index (χ1n) is 11.7. The van der Waals surface area contributed by atoms with E-state index in [1.807, 2.05) is 20.8 Å². The van der Waals surface area contributed by atoms with Gasteiger partial charge in [-0.1, -0.05) is 40.2 Å². The van der Waals surface area contributed by atoms with Crippen molar-refractivity contribution in [3.05, 3.63) is 52.0 Å². The molecular weight excluding hydrogens is 402 g/mol. The molecule has 1 aromatic rings. The Balaban J connectivity index is 0.000000155. The van der Waals surface area contributed by atoms with Crippen molar-refractivity contribution in [1.82, 2.24) is 14.7 Å². The summed E-state index contributed by atoms with van der Waals surface area (Å²) in [6, 6.07) is 4.06. The standard InChI is InChI=1S/C14H22O.C12H13N3O2/c1-6-7-11-9-12(14(3,4)5)13(15)8-10(11)2;16-9-7-8(13-1-2-13)12(17)11(15-5-6-15)10(9)14-3-4-14/h8-9,15H,6-7H2,1-5H3;7H,1-6H2. The van der Waals surface area contributed by atoms with Gasteiger partial charge in [0.15, 0.2) is 0 Å². The molecule has 0 amide bonds. The number of aryl methyl sites for hydroxylation is 2. The fourth-order valence-electron chi connectivity index (χ4n) is 4.15. The molecule has 0 spiro atoms. The van der Waals surface area contributed by atoms with Gasteiger partial charge in [0.1, 0.15) is 17.1 Å². The lowest BCUT2D eigenvalue weighted by atomic mass is 9.84. The summed E-state index contributed by atoms with van der Waals surface area (Å²) in [4.78, 5) is 30.5. The van der Waals surface area contributed by atoms with E-state index in [-0.39, 0.29) is 17.0 Å². The number of allylic oxidation sites excluding steroid dienone is 1. The average Bonchev–Trinajstić information content (AvgIpc) is 3.52. The topological polar surface area (TPSA) is 63.4 Å². The third-order valence-electron chi connectivity index (χ3n) is 6.27. The number of hydrogen-bond donors (Lipinski definition) is 1. The monoisotopic (exact) mass is 437 g/mol. The number of aromatic hydroxyl groups is 1. The van der Waals surface area contributed by atoms with Crippen LogP contribution >= 0.6 is 0 Å². The van der Waals surface area contributed by atoms with Crippen molar-refractivity contribution in [2.45, 2.75) is 52.9 Å². The zero-order valence-electron chi connectivity index (χ0n) is 20.0. The Labute approximate surface area is 191 Å². The van der Waals surface area contributed by atoms with Gasteiger partial charge in [-0.05, 0) is 41.5 Å². The highest BCUT2D eigenvalue weighted by atomic mass is 16.3. The molecule has 0 bridgehead atoms. The predicted octanol–water partition coefficient (Wildman–Crippen LogP) is 3.13. The number of carbonyl (C=O) groups excluding carboxylic acids is 2. The van der Waals surface area contributed by atoms with E-state index in [9.17, 15) is 14.7 Å². The predicted molar refractivity (Wildman–Crippen MR) is 125 cm³/mol. The molecule has 1 aliphatic carbocycles. The van der Waals surface area contributed by atoms with Gasteiger partial charge < -0.3 is 19.8 Å². The van der Waals surface area contributed by atoms with Crippen LogP contribution in [0, 0.1) is 6.92 Å². The van der Waals surface area contributed by atoms with E-state index in [1.165, 1.54) is 17.2 Å². The van der Waals surface area contributed by atoms with Crippen LogP contribution in [-0.2, 0) is 21.4 Å². The minimum absolute atomic E-state index is 0.00546. The molecule has 3 fully saturated rings. The molecule has 3 heterocycles. The highest BCUT2D eigenvalue weighted by Gasteiger charge is 2.43. The normalized spacial score (nSPS) is 19.7. The van der Waals surface area contributed by atoms with Crippen LogP contribution in [0.4, 0.5) is 0 Å². The number of hydrogen-bond acceptors (Lipinski definition) is 6. The summed E-state index contributed by atoms with van der Waals surface area (Å²) in [6.45, 7) is 16.1. The van der Waals surface area contributed by atoms with Gasteiger partial charge in [-0.2, -0.15) is 0 Å². The average molecular weight is 438 g/mol. The van der Waals surface area contributed by atoms with Crippen LogP contribution in [0.5, 0.6) is 5.75 Å². The molecule has 6 nitrogen and oxygen atoms in total. The van der Waals surface area contributed by atoms with E-state index in [2.05, 4.69) is 40.7 Å². The van der Waals surface area contributed by atoms with E-state index in [0.29, 0.717) is 22.8 Å². The van der Waals surface area contributed by atoms with Gasteiger partial charge in [0.25, 0.3) is 0 Å². The van der Waals surface area contributed by atoms with Gasteiger partial charge in [-0.15, -0.1) is 0 Å². The van der Waals surface area contributed by atoms with Crippen LogP contribution in [0.25, 0.3) is 0 Å². The Morgan fingerprint density at radius 2 is 1.47 bits per heavy atom. The Morgan fingerprint density at radius 1 is 0.906 bits per heavy atom. The van der Waals surface area contributed by atoms with Gasteiger partial charge in [-0.25, -0.2) is 0 Å². The molecule has 3 aliphatic heterocycles. The van der Waals surface area contributed by atoms with Crippen LogP contribution in [0.3, 0.4) is 0 Å². The summed E-state index contributed by atoms with van der Waals surface area (Å²) < 4.78 is 0. The molecule has 172 valence electrons. The zero-order chi connectivity index (χ0) is 23.2. The second-order valence-corrected chi connectivity index (χ2v) is 10.2. The Bertz CT molecular complexity index is 1000. The highest BCUT2D eigenvalue weighted by molar-refractivity contribution is 6.22. The van der Waals surface area contributed by atoms with Crippen molar-refractivity contribution < 1.29 is 14.7 Å². The maximum Gasteiger partial charge on any atom is 0.227 e. The van der Waals surface area contributed by atoms with Crippen molar-refractivity contribution in [2.75, 3.05) is 39.3 Å². The van der Waals surface area contributed by atoms with E-state index in [1.54, 1.807) is 0 Å². The van der Waals surface area contributed by atoms with E-state index >= 15 is 0 Å². The molecule has 0 saturated carbocycles. The van der Waals surface area contributed by atoms with Crippen LogP contribution in [-0.4, -0.2) is 70.6 Å². The maximum absolute atomic E-state index is 12.4. The third kappa shape index (κ3) is 4.69. The van der Waals surface area contributed by atoms with Crippen molar-refractivity contribution in [2.24, 2.45) is 0 Å². The summed E-state index contributed by atoms with van der Waals surface area (Å²) in [5.74, 6) is 0.479. The number of carbonyl (C=O) groups is 2. The number of nitrogens with zero attached hydrogens (tertiary/aromatic N) is 3. The minimum atomic E-state index is 0.00546. The van der Waals surface area contributed by atoms with Gasteiger partial charge in [0.05, 0.1) is 5.70 Å². The fraction of sp³-hybridized carbons (Fsp3) is 0.538. The van der Waals surface area contributed by atoms with Crippen LogP contribution in [0.1, 0.15) is 50.8 Å². The van der Waals surface area contributed by atoms with Crippen molar-refractivity contribution in [3.63, 3.8) is 0 Å². The number of ketones is 2. The molecule has 5 rings (SSSR count). The molecule has 32 heavy (non-hydrogen) atoms. The van der Waals surface area contributed by atoms with Crippen molar-refractivity contribution in [1.29, 1.82) is 0 Å². The lowest BCUT2D eigenvalue weighted by Crippen LogP contribution is -2.29. The smallest absolute Gasteiger partial charge is 0.227 e. The SMILES string of the molecule is CCCc1cc(C(C)(C)C)c(O)cc1C.O=C1C=C(N2CC2)C(=O)C(N2CC2)=C1N1CC1. The molecular formula is C26H35N3O3. The number of Topliss-reactive ketones (excluding diaryl/α,β-unsaturated/α-hetero) is 1. The first-order valence-corrected chi connectivity index (χ1v) is 11.7. The minimum Gasteiger partial charge on any atom is -0.508 e. The summed E-state index contributed by atoms with van der Waals surface area (Å²) in [5.41, 5.74) is 5.51. The highest BCUT2D eigenvalue weighted by Crippen LogP contribution is 2.34. The Kier molecular flexibility index (Phi) is 5.82. The molecule has 0 unspecified atom stereocenters. The second-order valence-electron chi connectivity index (χ2n) is 10.2.